The normalized spacial score (nSPS) is 22.4. The number of anilines is 1. The van der Waals surface area contributed by atoms with E-state index >= 15 is 0 Å². The maximum atomic E-state index is 13.0. The molecule has 2 fully saturated rings. The molecule has 0 radical (unpaired) electrons. The van der Waals surface area contributed by atoms with Crippen LogP contribution < -0.4 is 5.32 Å². The van der Waals surface area contributed by atoms with Crippen LogP contribution in [0.25, 0.3) is 0 Å². The second-order valence-corrected chi connectivity index (χ2v) is 6.55. The third-order valence-electron chi connectivity index (χ3n) is 4.64. The van der Waals surface area contributed by atoms with Crippen LogP contribution in [0.1, 0.15) is 32.1 Å². The Kier molecular flexibility index (Phi) is 6.04. The Hall–Kier alpha value is -1.66. The first kappa shape index (κ1) is 17.2. The van der Waals surface area contributed by atoms with Gasteiger partial charge in [0.2, 0.25) is 5.91 Å². The average molecular weight is 335 g/mol. The SMILES string of the molecule is O=C(CCN1CCCCO1)N1CCCC(Nc2ccc(F)cc2)C1. The number of rotatable bonds is 5. The molecule has 5 nitrogen and oxygen atoms in total. The van der Waals surface area contributed by atoms with Gasteiger partial charge in [-0.3, -0.25) is 9.63 Å². The van der Waals surface area contributed by atoms with Crippen LogP contribution in [0.2, 0.25) is 0 Å². The van der Waals surface area contributed by atoms with Crippen LogP contribution in [0.3, 0.4) is 0 Å². The van der Waals surface area contributed by atoms with Gasteiger partial charge in [0, 0.05) is 44.3 Å². The number of carbonyl (C=O) groups excluding carboxylic acids is 1. The summed E-state index contributed by atoms with van der Waals surface area (Å²) in [5, 5.41) is 5.32. The van der Waals surface area contributed by atoms with Crippen molar-refractivity contribution in [2.75, 3.05) is 38.1 Å². The summed E-state index contributed by atoms with van der Waals surface area (Å²) in [6.45, 7) is 3.88. The number of hydrogen-bond acceptors (Lipinski definition) is 4. The number of piperidine rings is 1. The molecule has 1 atom stereocenters. The van der Waals surface area contributed by atoms with Crippen LogP contribution in [0.5, 0.6) is 0 Å². The quantitative estimate of drug-likeness (QED) is 0.898. The van der Waals surface area contributed by atoms with Crippen LogP contribution in [-0.4, -0.2) is 54.7 Å². The van der Waals surface area contributed by atoms with Crippen molar-refractivity contribution >= 4 is 11.6 Å². The lowest BCUT2D eigenvalue weighted by Crippen LogP contribution is -2.46. The zero-order valence-electron chi connectivity index (χ0n) is 14.0. The van der Waals surface area contributed by atoms with E-state index in [9.17, 15) is 9.18 Å². The molecule has 0 bridgehead atoms. The molecule has 1 aromatic carbocycles. The Bertz CT molecular complexity index is 532. The van der Waals surface area contributed by atoms with Gasteiger partial charge in [-0.05, 0) is 49.9 Å². The predicted octanol–water partition coefficient (Wildman–Crippen LogP) is 2.65. The smallest absolute Gasteiger partial charge is 0.224 e. The minimum absolute atomic E-state index is 0.190. The zero-order chi connectivity index (χ0) is 16.8. The van der Waals surface area contributed by atoms with Crippen molar-refractivity contribution in [2.24, 2.45) is 0 Å². The molecule has 2 heterocycles. The highest BCUT2D eigenvalue weighted by molar-refractivity contribution is 5.76. The van der Waals surface area contributed by atoms with E-state index in [2.05, 4.69) is 5.32 Å². The molecule has 3 rings (SSSR count). The van der Waals surface area contributed by atoms with E-state index in [0.717, 1.165) is 51.1 Å². The minimum Gasteiger partial charge on any atom is -0.381 e. The first-order chi connectivity index (χ1) is 11.7. The molecule has 0 aromatic heterocycles. The molecule has 1 aromatic rings. The first-order valence-corrected chi connectivity index (χ1v) is 8.88. The third kappa shape index (κ3) is 4.92. The van der Waals surface area contributed by atoms with Crippen molar-refractivity contribution in [3.8, 4) is 0 Å². The molecule has 6 heteroatoms. The molecule has 1 unspecified atom stereocenters. The molecule has 2 saturated heterocycles. The molecule has 0 aliphatic carbocycles. The van der Waals surface area contributed by atoms with E-state index in [1.54, 1.807) is 12.1 Å². The van der Waals surface area contributed by atoms with Gasteiger partial charge in [0.05, 0.1) is 6.61 Å². The van der Waals surface area contributed by atoms with Crippen molar-refractivity contribution in [2.45, 2.75) is 38.1 Å². The molecule has 1 N–H and O–H groups in total. The van der Waals surface area contributed by atoms with Crippen LogP contribution in [-0.2, 0) is 9.63 Å². The molecule has 1 amide bonds. The lowest BCUT2D eigenvalue weighted by Gasteiger charge is -2.34. The predicted molar refractivity (Wildman–Crippen MR) is 91.0 cm³/mol. The molecule has 0 spiro atoms. The number of amides is 1. The number of hydrogen-bond donors (Lipinski definition) is 1. The Morgan fingerprint density at radius 2 is 2.04 bits per heavy atom. The number of nitrogens with zero attached hydrogens (tertiary/aromatic N) is 2. The monoisotopic (exact) mass is 335 g/mol. The molecule has 24 heavy (non-hydrogen) atoms. The van der Waals surface area contributed by atoms with Gasteiger partial charge in [0.25, 0.3) is 0 Å². The lowest BCUT2D eigenvalue weighted by atomic mass is 10.0. The van der Waals surface area contributed by atoms with Crippen molar-refractivity contribution in [1.82, 2.24) is 9.96 Å². The summed E-state index contributed by atoms with van der Waals surface area (Å²) in [6, 6.07) is 6.60. The molecule has 2 aliphatic heterocycles. The van der Waals surface area contributed by atoms with E-state index in [1.807, 2.05) is 9.96 Å². The molecule has 0 saturated carbocycles. The number of hydroxylamine groups is 2. The summed E-state index contributed by atoms with van der Waals surface area (Å²) in [6.07, 6.45) is 4.76. The van der Waals surface area contributed by atoms with Crippen LogP contribution in [0.4, 0.5) is 10.1 Å². The Labute approximate surface area is 142 Å². The first-order valence-electron chi connectivity index (χ1n) is 8.88. The summed E-state index contributed by atoms with van der Waals surface area (Å²) in [5.41, 5.74) is 0.900. The fourth-order valence-corrected chi connectivity index (χ4v) is 3.31. The largest absolute Gasteiger partial charge is 0.381 e. The van der Waals surface area contributed by atoms with Gasteiger partial charge in [-0.25, -0.2) is 4.39 Å². The van der Waals surface area contributed by atoms with Gasteiger partial charge < -0.3 is 10.2 Å². The second kappa shape index (κ2) is 8.44. The van der Waals surface area contributed by atoms with Gasteiger partial charge in [-0.2, -0.15) is 5.06 Å². The number of nitrogens with one attached hydrogen (secondary N) is 1. The van der Waals surface area contributed by atoms with Crippen molar-refractivity contribution in [3.63, 3.8) is 0 Å². The molecule has 2 aliphatic rings. The van der Waals surface area contributed by atoms with E-state index in [-0.39, 0.29) is 17.8 Å². The van der Waals surface area contributed by atoms with Gasteiger partial charge in [-0.1, -0.05) is 0 Å². The number of benzene rings is 1. The van der Waals surface area contributed by atoms with Crippen LogP contribution in [0, 0.1) is 5.82 Å². The highest BCUT2D eigenvalue weighted by Crippen LogP contribution is 2.17. The maximum absolute atomic E-state index is 13.0. The number of halogens is 1. The maximum Gasteiger partial charge on any atom is 0.224 e. The second-order valence-electron chi connectivity index (χ2n) is 6.55. The third-order valence-corrected chi connectivity index (χ3v) is 4.64. The van der Waals surface area contributed by atoms with Crippen molar-refractivity contribution in [3.05, 3.63) is 30.1 Å². The Morgan fingerprint density at radius 1 is 1.21 bits per heavy atom. The van der Waals surface area contributed by atoms with Gasteiger partial charge in [0.1, 0.15) is 5.82 Å². The summed E-state index contributed by atoms with van der Waals surface area (Å²) < 4.78 is 13.0. The average Bonchev–Trinajstić information content (AvgIpc) is 2.63. The molecular formula is C18H26FN3O2. The Balaban J connectivity index is 1.45. The van der Waals surface area contributed by atoms with Gasteiger partial charge >= 0.3 is 0 Å². The summed E-state index contributed by atoms with van der Waals surface area (Å²) in [7, 11) is 0. The van der Waals surface area contributed by atoms with Crippen molar-refractivity contribution in [1.29, 1.82) is 0 Å². The highest BCUT2D eigenvalue weighted by atomic mass is 19.1. The van der Waals surface area contributed by atoms with E-state index in [1.165, 1.54) is 12.1 Å². The zero-order valence-corrected chi connectivity index (χ0v) is 14.0. The summed E-state index contributed by atoms with van der Waals surface area (Å²) in [4.78, 5) is 19.9. The molecular weight excluding hydrogens is 309 g/mol. The lowest BCUT2D eigenvalue weighted by molar-refractivity contribution is -0.182. The Morgan fingerprint density at radius 3 is 2.79 bits per heavy atom. The van der Waals surface area contributed by atoms with E-state index in [4.69, 9.17) is 4.84 Å². The minimum atomic E-state index is -0.235. The van der Waals surface area contributed by atoms with Gasteiger partial charge in [0.15, 0.2) is 0 Å². The number of likely N-dealkylation sites (tertiary alicyclic amines) is 1. The number of carbonyl (C=O) groups is 1. The van der Waals surface area contributed by atoms with Gasteiger partial charge in [-0.15, -0.1) is 0 Å². The fourth-order valence-electron chi connectivity index (χ4n) is 3.31. The van der Waals surface area contributed by atoms with Crippen molar-refractivity contribution < 1.29 is 14.0 Å². The standard InChI is InChI=1S/C18H26FN3O2/c19-15-5-7-16(8-6-15)20-17-4-3-10-21(14-17)18(23)9-12-22-11-1-2-13-24-22/h5-8,17,20H,1-4,9-14H2. The molecule has 132 valence electrons. The fraction of sp³-hybridized carbons (Fsp3) is 0.611. The summed E-state index contributed by atoms with van der Waals surface area (Å²) >= 11 is 0. The highest BCUT2D eigenvalue weighted by Gasteiger charge is 2.24. The summed E-state index contributed by atoms with van der Waals surface area (Å²) in [5.74, 6) is -0.0456. The van der Waals surface area contributed by atoms with Crippen LogP contribution >= 0.6 is 0 Å². The van der Waals surface area contributed by atoms with E-state index in [0.29, 0.717) is 19.5 Å². The van der Waals surface area contributed by atoms with Crippen LogP contribution in [0.15, 0.2) is 24.3 Å². The topological polar surface area (TPSA) is 44.8 Å². The van der Waals surface area contributed by atoms with E-state index < -0.39 is 0 Å².